The molecule has 1 aliphatic rings. The van der Waals surface area contributed by atoms with E-state index < -0.39 is 0 Å². The van der Waals surface area contributed by atoms with Gasteiger partial charge < -0.3 is 19.3 Å². The molecule has 0 spiro atoms. The standard InChI is InChI=1S/C18H20N6O3/c1-12-8-15(26-22-12)10-20-18(25)24-7-3-5-14(11-24)17-21-16(23-27-17)13-4-2-6-19-9-13/h2,4,6,8-9,14H,3,5,7,10-11H2,1H3,(H,20,25)/t14-/m0/s1. The summed E-state index contributed by atoms with van der Waals surface area (Å²) in [7, 11) is 0. The fraction of sp³-hybridized carbons (Fsp3) is 0.389. The highest BCUT2D eigenvalue weighted by atomic mass is 16.5. The fourth-order valence-electron chi connectivity index (χ4n) is 3.15. The Hall–Kier alpha value is -3.23. The molecule has 2 amide bonds. The SMILES string of the molecule is Cc1cc(CNC(=O)N2CCC[C@H](c3nc(-c4cccnc4)no3)C2)on1. The molecule has 1 N–H and O–H groups in total. The summed E-state index contributed by atoms with van der Waals surface area (Å²) in [6.45, 7) is 3.39. The lowest BCUT2D eigenvalue weighted by Gasteiger charge is -2.30. The smallest absolute Gasteiger partial charge is 0.317 e. The molecule has 9 nitrogen and oxygen atoms in total. The minimum atomic E-state index is -0.138. The molecule has 0 aliphatic carbocycles. The van der Waals surface area contributed by atoms with E-state index in [1.807, 2.05) is 19.1 Å². The van der Waals surface area contributed by atoms with Crippen LogP contribution in [0.4, 0.5) is 4.79 Å². The maximum Gasteiger partial charge on any atom is 0.317 e. The zero-order valence-electron chi connectivity index (χ0n) is 15.0. The summed E-state index contributed by atoms with van der Waals surface area (Å²) in [6, 6.07) is 5.37. The first-order valence-corrected chi connectivity index (χ1v) is 8.88. The van der Waals surface area contributed by atoms with Crippen LogP contribution < -0.4 is 5.32 Å². The first-order valence-electron chi connectivity index (χ1n) is 8.88. The highest BCUT2D eigenvalue weighted by molar-refractivity contribution is 5.74. The first kappa shape index (κ1) is 17.2. The van der Waals surface area contributed by atoms with Crippen molar-refractivity contribution in [3.63, 3.8) is 0 Å². The number of urea groups is 1. The van der Waals surface area contributed by atoms with Gasteiger partial charge in [-0.15, -0.1) is 0 Å². The van der Waals surface area contributed by atoms with Gasteiger partial charge in [0.25, 0.3) is 0 Å². The lowest BCUT2D eigenvalue weighted by Crippen LogP contribution is -2.44. The second kappa shape index (κ2) is 7.56. The second-order valence-corrected chi connectivity index (χ2v) is 6.58. The monoisotopic (exact) mass is 368 g/mol. The van der Waals surface area contributed by atoms with Gasteiger partial charge in [-0.05, 0) is 31.9 Å². The molecule has 0 aromatic carbocycles. The Morgan fingerprint density at radius 1 is 1.37 bits per heavy atom. The van der Waals surface area contributed by atoms with Crippen molar-refractivity contribution < 1.29 is 13.8 Å². The minimum absolute atomic E-state index is 0.0231. The van der Waals surface area contributed by atoms with Crippen molar-refractivity contribution >= 4 is 6.03 Å². The van der Waals surface area contributed by atoms with E-state index in [0.717, 1.165) is 24.1 Å². The normalized spacial score (nSPS) is 17.1. The number of amides is 2. The molecule has 3 aromatic rings. The van der Waals surface area contributed by atoms with Gasteiger partial charge in [0.05, 0.1) is 18.2 Å². The Morgan fingerprint density at radius 2 is 2.30 bits per heavy atom. The number of piperidine rings is 1. The number of aryl methyl sites for hydroxylation is 1. The average Bonchev–Trinajstić information content (AvgIpc) is 3.36. The third-order valence-corrected chi connectivity index (χ3v) is 4.51. The van der Waals surface area contributed by atoms with Gasteiger partial charge in [0, 0.05) is 37.1 Å². The van der Waals surface area contributed by atoms with Crippen LogP contribution in [0.1, 0.15) is 36.1 Å². The molecule has 1 saturated heterocycles. The van der Waals surface area contributed by atoms with Crippen molar-refractivity contribution in [3.05, 3.63) is 47.9 Å². The quantitative estimate of drug-likeness (QED) is 0.753. The zero-order valence-corrected chi connectivity index (χ0v) is 15.0. The van der Waals surface area contributed by atoms with E-state index in [2.05, 4.69) is 25.6 Å². The molecule has 3 aromatic heterocycles. The van der Waals surface area contributed by atoms with Gasteiger partial charge in [0.2, 0.25) is 11.7 Å². The minimum Gasteiger partial charge on any atom is -0.359 e. The van der Waals surface area contributed by atoms with E-state index in [4.69, 9.17) is 9.05 Å². The second-order valence-electron chi connectivity index (χ2n) is 6.58. The maximum absolute atomic E-state index is 12.5. The molecule has 1 atom stereocenters. The average molecular weight is 368 g/mol. The fourth-order valence-corrected chi connectivity index (χ4v) is 3.15. The van der Waals surface area contributed by atoms with E-state index >= 15 is 0 Å². The lowest BCUT2D eigenvalue weighted by atomic mass is 9.98. The predicted octanol–water partition coefficient (Wildman–Crippen LogP) is 2.52. The molecular formula is C18H20N6O3. The summed E-state index contributed by atoms with van der Waals surface area (Å²) < 4.78 is 10.6. The van der Waals surface area contributed by atoms with Crippen molar-refractivity contribution in [2.24, 2.45) is 0 Å². The van der Waals surface area contributed by atoms with Crippen molar-refractivity contribution in [2.75, 3.05) is 13.1 Å². The third-order valence-electron chi connectivity index (χ3n) is 4.51. The molecule has 0 radical (unpaired) electrons. The highest BCUT2D eigenvalue weighted by Crippen LogP contribution is 2.27. The number of carbonyl (C=O) groups excluding carboxylic acids is 1. The number of aromatic nitrogens is 4. The largest absolute Gasteiger partial charge is 0.359 e. The van der Waals surface area contributed by atoms with Crippen LogP contribution in [0, 0.1) is 6.92 Å². The van der Waals surface area contributed by atoms with Gasteiger partial charge in [0.15, 0.2) is 5.76 Å². The lowest BCUT2D eigenvalue weighted by molar-refractivity contribution is 0.170. The highest BCUT2D eigenvalue weighted by Gasteiger charge is 2.28. The van der Waals surface area contributed by atoms with Crippen molar-refractivity contribution in [2.45, 2.75) is 32.2 Å². The number of likely N-dealkylation sites (tertiary alicyclic amines) is 1. The Bertz CT molecular complexity index is 907. The van der Waals surface area contributed by atoms with E-state index in [1.54, 1.807) is 23.4 Å². The molecule has 0 bridgehead atoms. The van der Waals surface area contributed by atoms with E-state index in [9.17, 15) is 4.79 Å². The summed E-state index contributed by atoms with van der Waals surface area (Å²) >= 11 is 0. The summed E-state index contributed by atoms with van der Waals surface area (Å²) in [5.41, 5.74) is 1.60. The van der Waals surface area contributed by atoms with Crippen molar-refractivity contribution in [1.29, 1.82) is 0 Å². The molecule has 1 aliphatic heterocycles. The zero-order chi connectivity index (χ0) is 18.6. The molecule has 4 rings (SSSR count). The summed E-state index contributed by atoms with van der Waals surface area (Å²) in [5, 5.41) is 10.7. The topological polar surface area (TPSA) is 110 Å². The number of carbonyl (C=O) groups is 1. The van der Waals surface area contributed by atoms with Crippen LogP contribution in [0.5, 0.6) is 0 Å². The number of rotatable bonds is 4. The molecule has 1 fully saturated rings. The molecule has 0 saturated carbocycles. The van der Waals surface area contributed by atoms with Gasteiger partial charge in [-0.25, -0.2) is 4.79 Å². The van der Waals surface area contributed by atoms with Crippen molar-refractivity contribution in [3.8, 4) is 11.4 Å². The number of nitrogens with one attached hydrogen (secondary N) is 1. The van der Waals surface area contributed by atoms with Gasteiger partial charge in [0.1, 0.15) is 0 Å². The molecule has 27 heavy (non-hydrogen) atoms. The molecule has 4 heterocycles. The Balaban J connectivity index is 1.38. The van der Waals surface area contributed by atoms with E-state index in [0.29, 0.717) is 37.1 Å². The molecular weight excluding hydrogens is 348 g/mol. The number of hydrogen-bond acceptors (Lipinski definition) is 7. The Kier molecular flexibility index (Phi) is 4.82. The first-order chi connectivity index (χ1) is 13.2. The van der Waals surface area contributed by atoms with Gasteiger partial charge in [-0.3, -0.25) is 4.98 Å². The maximum atomic E-state index is 12.5. The summed E-state index contributed by atoms with van der Waals surface area (Å²) in [5.74, 6) is 1.72. The van der Waals surface area contributed by atoms with Crippen LogP contribution in [0.2, 0.25) is 0 Å². The molecule has 0 unspecified atom stereocenters. The van der Waals surface area contributed by atoms with Crippen LogP contribution in [0.25, 0.3) is 11.4 Å². The van der Waals surface area contributed by atoms with Crippen LogP contribution in [-0.4, -0.2) is 44.3 Å². The summed E-state index contributed by atoms with van der Waals surface area (Å²) in [4.78, 5) is 22.8. The van der Waals surface area contributed by atoms with Crippen LogP contribution in [0.3, 0.4) is 0 Å². The number of pyridine rings is 1. The van der Waals surface area contributed by atoms with Gasteiger partial charge in [-0.2, -0.15) is 4.98 Å². The number of nitrogens with zero attached hydrogens (tertiary/aromatic N) is 5. The third kappa shape index (κ3) is 3.97. The van der Waals surface area contributed by atoms with E-state index in [-0.39, 0.29) is 11.9 Å². The van der Waals surface area contributed by atoms with Crippen LogP contribution in [-0.2, 0) is 6.54 Å². The molecule has 9 heteroatoms. The molecule has 140 valence electrons. The Labute approximate surface area is 155 Å². The van der Waals surface area contributed by atoms with Crippen LogP contribution in [0.15, 0.2) is 39.6 Å². The predicted molar refractivity (Wildman–Crippen MR) is 94.6 cm³/mol. The number of hydrogen-bond donors (Lipinski definition) is 1. The van der Waals surface area contributed by atoms with Crippen molar-refractivity contribution in [1.82, 2.24) is 30.5 Å². The Morgan fingerprint density at radius 3 is 3.07 bits per heavy atom. The van der Waals surface area contributed by atoms with Gasteiger partial charge >= 0.3 is 6.03 Å². The van der Waals surface area contributed by atoms with Crippen LogP contribution >= 0.6 is 0 Å². The summed E-state index contributed by atoms with van der Waals surface area (Å²) in [6.07, 6.45) is 5.17. The van der Waals surface area contributed by atoms with Gasteiger partial charge in [-0.1, -0.05) is 10.3 Å². The van der Waals surface area contributed by atoms with E-state index in [1.165, 1.54) is 0 Å².